The number of hydrogen-bond acceptors (Lipinski definition) is 5. The van der Waals surface area contributed by atoms with Gasteiger partial charge in [-0.3, -0.25) is 4.79 Å². The Labute approximate surface area is 129 Å². The number of pyridine rings is 1. The topological polar surface area (TPSA) is 75.9 Å². The molecular weight excluding hydrogens is 280 g/mol. The molecule has 0 unspecified atom stereocenters. The highest BCUT2D eigenvalue weighted by Gasteiger charge is 2.15. The van der Waals surface area contributed by atoms with E-state index in [9.17, 15) is 4.79 Å². The summed E-state index contributed by atoms with van der Waals surface area (Å²) in [5, 5.41) is 6.87. The number of anilines is 1. The fourth-order valence-corrected chi connectivity index (χ4v) is 2.53. The summed E-state index contributed by atoms with van der Waals surface area (Å²) in [6.45, 7) is 4.42. The van der Waals surface area contributed by atoms with Crippen molar-refractivity contribution in [2.45, 2.75) is 32.4 Å². The smallest absolute Gasteiger partial charge is 0.244 e. The summed E-state index contributed by atoms with van der Waals surface area (Å²) < 4.78 is 1.53. The normalized spacial score (nSPS) is 15.8. The van der Waals surface area contributed by atoms with Gasteiger partial charge in [-0.15, -0.1) is 0 Å². The van der Waals surface area contributed by atoms with Crippen LogP contribution in [0.2, 0.25) is 0 Å². The van der Waals surface area contributed by atoms with Gasteiger partial charge in [-0.1, -0.05) is 6.07 Å². The first-order chi connectivity index (χ1) is 10.7. The van der Waals surface area contributed by atoms with Crippen LogP contribution in [-0.4, -0.2) is 38.7 Å². The molecule has 0 radical (unpaired) electrons. The lowest BCUT2D eigenvalue weighted by Gasteiger charge is -2.16. The summed E-state index contributed by atoms with van der Waals surface area (Å²) in [6.07, 6.45) is 7.26. The van der Waals surface area contributed by atoms with E-state index in [2.05, 4.69) is 25.3 Å². The maximum absolute atomic E-state index is 12.1. The highest BCUT2D eigenvalue weighted by Crippen LogP contribution is 2.17. The molecule has 116 valence electrons. The lowest BCUT2D eigenvalue weighted by atomic mass is 10.2. The van der Waals surface area contributed by atoms with E-state index in [1.54, 1.807) is 6.92 Å². The second-order valence-corrected chi connectivity index (χ2v) is 5.49. The zero-order chi connectivity index (χ0) is 15.4. The van der Waals surface area contributed by atoms with Gasteiger partial charge in [0.05, 0.1) is 0 Å². The fraction of sp³-hybridized carbons (Fsp3) is 0.467. The third-order valence-corrected chi connectivity index (χ3v) is 3.92. The van der Waals surface area contributed by atoms with Crippen molar-refractivity contribution in [2.75, 3.05) is 18.0 Å². The first kappa shape index (κ1) is 14.5. The van der Waals surface area contributed by atoms with Crippen LogP contribution in [0.5, 0.6) is 0 Å². The molecule has 1 saturated heterocycles. The quantitative estimate of drug-likeness (QED) is 0.896. The van der Waals surface area contributed by atoms with Crippen LogP contribution < -0.4 is 10.2 Å². The molecule has 2 aromatic heterocycles. The van der Waals surface area contributed by atoms with E-state index >= 15 is 0 Å². The molecule has 3 heterocycles. The second-order valence-electron chi connectivity index (χ2n) is 5.49. The van der Waals surface area contributed by atoms with Gasteiger partial charge in [-0.05, 0) is 31.4 Å². The molecule has 1 N–H and O–H groups in total. The number of hydrogen-bond donors (Lipinski definition) is 1. The number of amides is 1. The van der Waals surface area contributed by atoms with Crippen molar-refractivity contribution in [2.24, 2.45) is 0 Å². The monoisotopic (exact) mass is 300 g/mol. The van der Waals surface area contributed by atoms with Gasteiger partial charge < -0.3 is 10.2 Å². The third-order valence-electron chi connectivity index (χ3n) is 3.92. The summed E-state index contributed by atoms with van der Waals surface area (Å²) in [5.41, 5.74) is 0.988. The molecular formula is C15H20N6O. The van der Waals surface area contributed by atoms with Gasteiger partial charge in [0.15, 0.2) is 0 Å². The molecule has 3 rings (SSSR count). The fourth-order valence-electron chi connectivity index (χ4n) is 2.53. The highest BCUT2D eigenvalue weighted by atomic mass is 16.2. The molecule has 0 bridgehead atoms. The standard InChI is InChI=1S/C15H20N6O/c1-12(21-11-16-10-19-21)15(22)18-9-13-4-5-14(17-8-13)20-6-2-3-7-20/h4-5,8,10-12H,2-3,6-7,9H2,1H3,(H,18,22)/t12-/m0/s1. The van der Waals surface area contributed by atoms with Crippen molar-refractivity contribution in [3.8, 4) is 0 Å². The molecule has 7 heteroatoms. The minimum atomic E-state index is -0.376. The maximum atomic E-state index is 12.1. The van der Waals surface area contributed by atoms with Crippen molar-refractivity contribution >= 4 is 11.7 Å². The van der Waals surface area contributed by atoms with E-state index < -0.39 is 0 Å². The van der Waals surface area contributed by atoms with Gasteiger partial charge in [0, 0.05) is 25.8 Å². The summed E-state index contributed by atoms with van der Waals surface area (Å²) >= 11 is 0. The molecule has 1 aliphatic heterocycles. The lowest BCUT2D eigenvalue weighted by molar-refractivity contribution is -0.124. The Hall–Kier alpha value is -2.44. The van der Waals surface area contributed by atoms with Gasteiger partial charge >= 0.3 is 0 Å². The average Bonchev–Trinajstić information content (AvgIpc) is 3.25. The van der Waals surface area contributed by atoms with Crippen LogP contribution in [-0.2, 0) is 11.3 Å². The van der Waals surface area contributed by atoms with Gasteiger partial charge in [-0.25, -0.2) is 14.6 Å². The molecule has 7 nitrogen and oxygen atoms in total. The molecule has 1 aliphatic rings. The average molecular weight is 300 g/mol. The van der Waals surface area contributed by atoms with E-state index in [1.807, 2.05) is 18.3 Å². The predicted molar refractivity (Wildman–Crippen MR) is 82.3 cm³/mol. The van der Waals surface area contributed by atoms with E-state index in [0.29, 0.717) is 6.54 Å². The molecule has 0 spiro atoms. The number of rotatable bonds is 5. The molecule has 0 aromatic carbocycles. The predicted octanol–water partition coefficient (Wildman–Crippen LogP) is 1.15. The second kappa shape index (κ2) is 6.55. The Morgan fingerprint density at radius 3 is 2.82 bits per heavy atom. The van der Waals surface area contributed by atoms with Crippen molar-refractivity contribution in [3.05, 3.63) is 36.5 Å². The van der Waals surface area contributed by atoms with E-state index in [-0.39, 0.29) is 11.9 Å². The Kier molecular flexibility index (Phi) is 4.32. The zero-order valence-electron chi connectivity index (χ0n) is 12.6. The lowest BCUT2D eigenvalue weighted by Crippen LogP contribution is -2.30. The molecule has 1 amide bonds. The van der Waals surface area contributed by atoms with Gasteiger partial charge in [0.2, 0.25) is 5.91 Å². The SMILES string of the molecule is C[C@@H](C(=O)NCc1ccc(N2CCCC2)nc1)n1cncn1. The summed E-state index contributed by atoms with van der Waals surface area (Å²) in [5.74, 6) is 0.928. The van der Waals surface area contributed by atoms with Gasteiger partial charge in [0.25, 0.3) is 0 Å². The molecule has 22 heavy (non-hydrogen) atoms. The Morgan fingerprint density at radius 2 is 2.18 bits per heavy atom. The zero-order valence-corrected chi connectivity index (χ0v) is 12.6. The molecule has 1 atom stereocenters. The first-order valence-corrected chi connectivity index (χ1v) is 7.56. The minimum Gasteiger partial charge on any atom is -0.357 e. The largest absolute Gasteiger partial charge is 0.357 e. The molecule has 0 saturated carbocycles. The van der Waals surface area contributed by atoms with Crippen molar-refractivity contribution < 1.29 is 4.79 Å². The highest BCUT2D eigenvalue weighted by molar-refractivity contribution is 5.79. The number of nitrogens with zero attached hydrogens (tertiary/aromatic N) is 5. The van der Waals surface area contributed by atoms with Crippen LogP contribution in [0, 0.1) is 0 Å². The van der Waals surface area contributed by atoms with E-state index in [4.69, 9.17) is 0 Å². The van der Waals surface area contributed by atoms with Crippen LogP contribution >= 0.6 is 0 Å². The van der Waals surface area contributed by atoms with E-state index in [1.165, 1.54) is 30.2 Å². The number of carbonyl (C=O) groups is 1. The Balaban J connectivity index is 1.53. The van der Waals surface area contributed by atoms with Crippen LogP contribution in [0.25, 0.3) is 0 Å². The summed E-state index contributed by atoms with van der Waals surface area (Å²) in [4.78, 5) is 22.7. The van der Waals surface area contributed by atoms with Crippen LogP contribution in [0.3, 0.4) is 0 Å². The minimum absolute atomic E-state index is 0.0888. The first-order valence-electron chi connectivity index (χ1n) is 7.56. The third kappa shape index (κ3) is 3.24. The maximum Gasteiger partial charge on any atom is 0.244 e. The van der Waals surface area contributed by atoms with Crippen molar-refractivity contribution in [1.29, 1.82) is 0 Å². The number of carbonyl (C=O) groups excluding carboxylic acids is 1. The molecule has 1 fully saturated rings. The van der Waals surface area contributed by atoms with Crippen LogP contribution in [0.4, 0.5) is 5.82 Å². The number of nitrogens with one attached hydrogen (secondary N) is 1. The van der Waals surface area contributed by atoms with Crippen molar-refractivity contribution in [3.63, 3.8) is 0 Å². The molecule has 2 aromatic rings. The Morgan fingerprint density at radius 1 is 1.36 bits per heavy atom. The molecule has 0 aliphatic carbocycles. The summed E-state index contributed by atoms with van der Waals surface area (Å²) in [7, 11) is 0. The summed E-state index contributed by atoms with van der Waals surface area (Å²) in [6, 6.07) is 3.66. The van der Waals surface area contributed by atoms with Crippen molar-refractivity contribution in [1.82, 2.24) is 25.1 Å². The van der Waals surface area contributed by atoms with Crippen LogP contribution in [0.15, 0.2) is 31.0 Å². The van der Waals surface area contributed by atoms with E-state index in [0.717, 1.165) is 24.5 Å². The number of aromatic nitrogens is 4. The van der Waals surface area contributed by atoms with Gasteiger partial charge in [-0.2, -0.15) is 5.10 Å². The van der Waals surface area contributed by atoms with Crippen LogP contribution in [0.1, 0.15) is 31.4 Å². The van der Waals surface area contributed by atoms with Gasteiger partial charge in [0.1, 0.15) is 24.5 Å². The Bertz CT molecular complexity index is 603.